The molecular formula is C34H39N5O9. The largest absolute Gasteiger partial charge is 0.497 e. The molecule has 254 valence electrons. The minimum Gasteiger partial charge on any atom is -0.497 e. The number of methoxy groups -OCH3 is 1. The Morgan fingerprint density at radius 2 is 1.73 bits per heavy atom. The van der Waals surface area contributed by atoms with Gasteiger partial charge in [0.05, 0.1) is 19.2 Å². The van der Waals surface area contributed by atoms with Crippen LogP contribution in [0.15, 0.2) is 48.5 Å². The Bertz CT molecular complexity index is 1690. The summed E-state index contributed by atoms with van der Waals surface area (Å²) in [7, 11) is 1.60. The number of aromatic nitrogens is 1. The van der Waals surface area contributed by atoms with Crippen molar-refractivity contribution in [2.24, 2.45) is 0 Å². The zero-order chi connectivity index (χ0) is 34.2. The molecular weight excluding hydrogens is 622 g/mol. The van der Waals surface area contributed by atoms with E-state index in [0.29, 0.717) is 17.4 Å². The highest BCUT2D eigenvalue weighted by Crippen LogP contribution is 2.31. The zero-order valence-electron chi connectivity index (χ0n) is 27.0. The van der Waals surface area contributed by atoms with Crippen LogP contribution in [0.2, 0.25) is 0 Å². The number of pyridine rings is 1. The number of hydrogen-bond acceptors (Lipinski definition) is 9. The summed E-state index contributed by atoms with van der Waals surface area (Å²) >= 11 is 0. The molecule has 2 aliphatic heterocycles. The number of carbonyl (C=O) groups is 5. The maximum atomic E-state index is 13.6. The number of aliphatic carboxylic acids is 1. The van der Waals surface area contributed by atoms with Crippen LogP contribution >= 0.6 is 0 Å². The maximum absolute atomic E-state index is 13.6. The van der Waals surface area contributed by atoms with Crippen LogP contribution in [0, 0.1) is 0 Å². The number of rotatable bonds is 11. The summed E-state index contributed by atoms with van der Waals surface area (Å²) < 4.78 is 16.4. The fourth-order valence-electron chi connectivity index (χ4n) is 5.86. The first kappa shape index (κ1) is 33.9. The van der Waals surface area contributed by atoms with Gasteiger partial charge in [-0.05, 0) is 62.1 Å². The van der Waals surface area contributed by atoms with Crippen molar-refractivity contribution in [1.29, 1.82) is 0 Å². The topological polar surface area (TPSA) is 168 Å². The van der Waals surface area contributed by atoms with Crippen molar-refractivity contribution < 1.29 is 43.3 Å². The van der Waals surface area contributed by atoms with E-state index in [-0.39, 0.29) is 69.6 Å². The summed E-state index contributed by atoms with van der Waals surface area (Å²) in [4.78, 5) is 73.1. The van der Waals surface area contributed by atoms with E-state index in [9.17, 15) is 29.1 Å². The lowest BCUT2D eigenvalue weighted by atomic mass is 10.0. The number of nitrogens with zero attached hydrogens (tertiary/aromatic N) is 4. The number of carboxylic acid groups (broad SMARTS) is 1. The van der Waals surface area contributed by atoms with Crippen molar-refractivity contribution in [3.05, 3.63) is 59.8 Å². The standard InChI is InChI=1S/C34H39N5O9/c1-3-47-34(45)38-17-15-37(16-18-38)33(44)26(11-13-31(41)42)36-32(43)27-20-29(24-8-4-5-9-25(24)35-27)48-21-30(40)39-14-6-7-22-19-23(46-2)10-12-28(22)39/h4-5,8-10,12,19-20,26H,3,6-7,11,13-18,21H2,1-2H3,(H,36,43)(H,41,42). The van der Waals surface area contributed by atoms with Crippen LogP contribution < -0.4 is 19.7 Å². The molecule has 0 aliphatic carbocycles. The Hall–Kier alpha value is -5.40. The number of para-hydroxylation sites is 1. The van der Waals surface area contributed by atoms with Crippen LogP contribution in [-0.2, 0) is 25.5 Å². The molecule has 48 heavy (non-hydrogen) atoms. The maximum Gasteiger partial charge on any atom is 0.409 e. The highest BCUT2D eigenvalue weighted by atomic mass is 16.6. The van der Waals surface area contributed by atoms with Gasteiger partial charge in [-0.1, -0.05) is 12.1 Å². The molecule has 1 saturated heterocycles. The molecule has 14 heteroatoms. The summed E-state index contributed by atoms with van der Waals surface area (Å²) in [6.07, 6.45) is 0.644. The van der Waals surface area contributed by atoms with Gasteiger partial charge in [0.1, 0.15) is 23.2 Å². The van der Waals surface area contributed by atoms with Gasteiger partial charge in [-0.2, -0.15) is 0 Å². The van der Waals surface area contributed by atoms with Gasteiger partial charge >= 0.3 is 12.1 Å². The number of hydrogen-bond donors (Lipinski definition) is 2. The van der Waals surface area contributed by atoms with Crippen molar-refractivity contribution in [2.75, 3.05) is 57.9 Å². The van der Waals surface area contributed by atoms with Crippen molar-refractivity contribution in [2.45, 2.75) is 38.6 Å². The molecule has 1 aromatic heterocycles. The van der Waals surface area contributed by atoms with E-state index in [0.717, 1.165) is 29.8 Å². The Morgan fingerprint density at radius 1 is 0.979 bits per heavy atom. The molecule has 2 N–H and O–H groups in total. The van der Waals surface area contributed by atoms with Crippen molar-refractivity contribution in [3.63, 3.8) is 0 Å². The molecule has 0 saturated carbocycles. The third-order valence-electron chi connectivity index (χ3n) is 8.34. The monoisotopic (exact) mass is 661 g/mol. The molecule has 14 nitrogen and oxygen atoms in total. The average Bonchev–Trinajstić information content (AvgIpc) is 3.11. The molecule has 5 rings (SSSR count). The lowest BCUT2D eigenvalue weighted by Gasteiger charge is -2.35. The summed E-state index contributed by atoms with van der Waals surface area (Å²) in [5, 5.41) is 12.6. The van der Waals surface area contributed by atoms with E-state index >= 15 is 0 Å². The predicted molar refractivity (Wildman–Crippen MR) is 174 cm³/mol. The van der Waals surface area contributed by atoms with E-state index in [1.807, 2.05) is 18.2 Å². The summed E-state index contributed by atoms with van der Waals surface area (Å²) in [6, 6.07) is 12.9. The third-order valence-corrected chi connectivity index (χ3v) is 8.34. The Labute approximate surface area is 277 Å². The molecule has 4 amide bonds. The second-order valence-corrected chi connectivity index (χ2v) is 11.4. The summed E-state index contributed by atoms with van der Waals surface area (Å²) in [6.45, 7) is 3.07. The van der Waals surface area contributed by atoms with Gasteiger partial charge in [0.25, 0.3) is 11.8 Å². The third kappa shape index (κ3) is 7.93. The lowest BCUT2D eigenvalue weighted by molar-refractivity contribution is -0.138. The van der Waals surface area contributed by atoms with E-state index in [1.165, 1.54) is 15.9 Å². The Kier molecular flexibility index (Phi) is 10.9. The van der Waals surface area contributed by atoms with Crippen LogP contribution in [0.4, 0.5) is 10.5 Å². The molecule has 0 spiro atoms. The fraction of sp³-hybridized carbons (Fsp3) is 0.412. The van der Waals surface area contributed by atoms with E-state index in [1.54, 1.807) is 43.2 Å². The average molecular weight is 662 g/mol. The Balaban J connectivity index is 1.31. The molecule has 2 aliphatic rings. The van der Waals surface area contributed by atoms with Crippen LogP contribution in [0.25, 0.3) is 10.9 Å². The normalized spacial score (nSPS) is 14.9. The minimum absolute atomic E-state index is 0.0631. The highest BCUT2D eigenvalue weighted by Gasteiger charge is 2.31. The smallest absolute Gasteiger partial charge is 0.409 e. The van der Waals surface area contributed by atoms with Crippen molar-refractivity contribution >= 4 is 46.4 Å². The lowest BCUT2D eigenvalue weighted by Crippen LogP contribution is -2.56. The zero-order valence-corrected chi connectivity index (χ0v) is 27.0. The number of anilines is 1. The quantitative estimate of drug-likeness (QED) is 0.312. The van der Waals surface area contributed by atoms with Gasteiger partial charge in [0, 0.05) is 56.3 Å². The fourth-order valence-corrected chi connectivity index (χ4v) is 5.86. The summed E-state index contributed by atoms with van der Waals surface area (Å²) in [5.41, 5.74) is 2.18. The molecule has 1 atom stereocenters. The van der Waals surface area contributed by atoms with Gasteiger partial charge in [-0.3, -0.25) is 19.2 Å². The highest BCUT2D eigenvalue weighted by molar-refractivity contribution is 6.00. The minimum atomic E-state index is -1.15. The van der Waals surface area contributed by atoms with Crippen molar-refractivity contribution in [1.82, 2.24) is 20.1 Å². The van der Waals surface area contributed by atoms with Gasteiger partial charge in [0.2, 0.25) is 5.91 Å². The molecule has 3 aromatic rings. The Morgan fingerprint density at radius 3 is 2.46 bits per heavy atom. The van der Waals surface area contributed by atoms with Crippen LogP contribution in [0.1, 0.15) is 42.2 Å². The first-order chi connectivity index (χ1) is 23.2. The van der Waals surface area contributed by atoms with Gasteiger partial charge in [-0.25, -0.2) is 9.78 Å². The second-order valence-electron chi connectivity index (χ2n) is 11.4. The summed E-state index contributed by atoms with van der Waals surface area (Å²) in [5.74, 6) is -1.56. The number of aryl methyl sites for hydroxylation is 1. The number of fused-ring (bicyclic) bond motifs is 2. The number of amides is 4. The van der Waals surface area contributed by atoms with E-state index in [2.05, 4.69) is 10.3 Å². The number of piperazine rings is 1. The molecule has 1 unspecified atom stereocenters. The molecule has 1 fully saturated rings. The SMILES string of the molecule is CCOC(=O)N1CCN(C(=O)C(CCC(=O)O)NC(=O)c2cc(OCC(=O)N3CCCc4cc(OC)ccc43)c3ccccc3n2)CC1. The predicted octanol–water partition coefficient (Wildman–Crippen LogP) is 2.87. The molecule has 0 radical (unpaired) electrons. The number of carbonyl (C=O) groups excluding carboxylic acids is 4. The van der Waals surface area contributed by atoms with Crippen molar-refractivity contribution in [3.8, 4) is 11.5 Å². The number of carboxylic acids is 1. The first-order valence-electron chi connectivity index (χ1n) is 15.9. The second kappa shape index (κ2) is 15.5. The van der Waals surface area contributed by atoms with Gasteiger partial charge < -0.3 is 39.3 Å². The van der Waals surface area contributed by atoms with Gasteiger partial charge in [-0.15, -0.1) is 0 Å². The van der Waals surface area contributed by atoms with E-state index in [4.69, 9.17) is 14.2 Å². The van der Waals surface area contributed by atoms with E-state index < -0.39 is 29.9 Å². The first-order valence-corrected chi connectivity index (χ1v) is 15.9. The number of ether oxygens (including phenoxy) is 3. The molecule has 3 heterocycles. The molecule has 2 aromatic carbocycles. The van der Waals surface area contributed by atoms with Crippen LogP contribution in [0.5, 0.6) is 11.5 Å². The van der Waals surface area contributed by atoms with Crippen LogP contribution in [-0.4, -0.2) is 109 Å². The van der Waals surface area contributed by atoms with Crippen LogP contribution in [0.3, 0.4) is 0 Å². The number of nitrogens with one attached hydrogen (secondary N) is 1. The molecule has 0 bridgehead atoms. The van der Waals surface area contributed by atoms with Gasteiger partial charge in [0.15, 0.2) is 6.61 Å². The number of benzene rings is 2.